The Labute approximate surface area is 146 Å². The fourth-order valence-corrected chi connectivity index (χ4v) is 4.11. The Kier molecular flexibility index (Phi) is 4.81. The third-order valence-electron chi connectivity index (χ3n) is 4.58. The number of nitrogens with zero attached hydrogens (tertiary/aromatic N) is 1. The molecule has 0 spiro atoms. The minimum atomic E-state index is 0.0463. The fourth-order valence-electron chi connectivity index (χ4n) is 3.02. The second-order valence-corrected chi connectivity index (χ2v) is 7.20. The van der Waals surface area contributed by atoms with E-state index in [9.17, 15) is 4.79 Å². The molecule has 1 unspecified atom stereocenters. The second-order valence-electron chi connectivity index (χ2n) is 5.91. The highest BCUT2D eigenvalue weighted by Gasteiger charge is 2.30. The highest BCUT2D eigenvalue weighted by atomic mass is 32.2. The third kappa shape index (κ3) is 2.88. The molecule has 0 bridgehead atoms. The maximum Gasteiger partial charge on any atom is 0.230 e. The van der Waals surface area contributed by atoms with Crippen LogP contribution in [0.4, 0.5) is 0 Å². The van der Waals surface area contributed by atoms with Crippen molar-refractivity contribution in [2.45, 2.75) is 19.1 Å². The van der Waals surface area contributed by atoms with Gasteiger partial charge in [-0.3, -0.25) is 4.79 Å². The first-order chi connectivity index (χ1) is 11.6. The summed E-state index contributed by atoms with van der Waals surface area (Å²) in [5.74, 6) is 2.21. The summed E-state index contributed by atoms with van der Waals surface area (Å²) in [4.78, 5) is 12.9. The summed E-state index contributed by atoms with van der Waals surface area (Å²) in [5, 5.41) is 2.31. The van der Waals surface area contributed by atoms with Crippen molar-refractivity contribution < 1.29 is 18.8 Å². The largest absolute Gasteiger partial charge is 0.496 e. The Hall–Kier alpha value is -2.01. The lowest BCUT2D eigenvalue weighted by molar-refractivity contribution is -0.491. The molecule has 0 saturated heterocycles. The number of methoxy groups -OCH3 is 2. The van der Waals surface area contributed by atoms with E-state index in [1.54, 1.807) is 20.3 Å². The molecule has 2 aromatic rings. The molecule has 0 fully saturated rings. The van der Waals surface area contributed by atoms with Crippen molar-refractivity contribution in [3.05, 3.63) is 35.9 Å². The summed E-state index contributed by atoms with van der Waals surface area (Å²) in [7, 11) is 3.23. The number of ketones is 1. The van der Waals surface area contributed by atoms with Gasteiger partial charge in [-0.1, -0.05) is 36.0 Å². The first-order valence-corrected chi connectivity index (χ1v) is 8.98. The van der Waals surface area contributed by atoms with Crippen LogP contribution in [0.25, 0.3) is 10.8 Å². The number of carbonyl (C=O) groups is 1. The van der Waals surface area contributed by atoms with Crippen LogP contribution in [0.5, 0.6) is 11.5 Å². The molecule has 1 aliphatic heterocycles. The average Bonchev–Trinajstić information content (AvgIpc) is 2.92. The Balaban J connectivity index is 2.07. The number of rotatable bonds is 5. The zero-order chi connectivity index (χ0) is 17.3. The molecule has 4 nitrogen and oxygen atoms in total. The molecular weight excluding hydrogens is 322 g/mol. The van der Waals surface area contributed by atoms with E-state index in [0.717, 1.165) is 16.6 Å². The van der Waals surface area contributed by atoms with E-state index in [2.05, 4.69) is 18.4 Å². The maximum atomic E-state index is 12.9. The summed E-state index contributed by atoms with van der Waals surface area (Å²) in [6.07, 6.45) is 0. The van der Waals surface area contributed by atoms with Gasteiger partial charge in [0, 0.05) is 17.7 Å². The van der Waals surface area contributed by atoms with Crippen molar-refractivity contribution in [2.24, 2.45) is 0 Å². The van der Waals surface area contributed by atoms with Crippen molar-refractivity contribution in [3.8, 4) is 11.5 Å². The van der Waals surface area contributed by atoms with Gasteiger partial charge >= 0.3 is 0 Å². The normalized spacial score (nSPS) is 17.4. The number of carbonyl (C=O) groups excluding carboxylic acids is 1. The summed E-state index contributed by atoms with van der Waals surface area (Å²) in [5.41, 5.74) is 1.82. The van der Waals surface area contributed by atoms with Crippen LogP contribution >= 0.6 is 11.8 Å². The van der Waals surface area contributed by atoms with Gasteiger partial charge in [0.15, 0.2) is 11.6 Å². The van der Waals surface area contributed by atoms with Crippen molar-refractivity contribution >= 4 is 34.0 Å². The average molecular weight is 344 g/mol. The van der Waals surface area contributed by atoms with Gasteiger partial charge in [-0.2, -0.15) is 0 Å². The number of hydrogen-bond acceptors (Lipinski definition) is 4. The van der Waals surface area contributed by atoms with Crippen molar-refractivity contribution in [1.29, 1.82) is 0 Å². The molecule has 0 aromatic heterocycles. The smallest absolute Gasteiger partial charge is 0.230 e. The number of ether oxygens (including phenoxy) is 2. The summed E-state index contributed by atoms with van der Waals surface area (Å²) in [6.45, 7) is 4.63. The van der Waals surface area contributed by atoms with Gasteiger partial charge in [0.2, 0.25) is 12.3 Å². The standard InChI is InChI=1S/C19H22NO3S/c1-12-13(2)24-11-20(12)10-17(21)16-9-18(22-3)14-7-5-6-8-15(14)19(16)23-4/h5-9,13H,10-11H2,1-4H3/q+1. The lowest BCUT2D eigenvalue weighted by atomic mass is 10.0. The molecule has 2 aromatic carbocycles. The molecule has 126 valence electrons. The molecular formula is C19H22NO3S+. The minimum absolute atomic E-state index is 0.0463. The highest BCUT2D eigenvalue weighted by Crippen LogP contribution is 2.37. The van der Waals surface area contributed by atoms with E-state index >= 15 is 0 Å². The second kappa shape index (κ2) is 6.85. The zero-order valence-electron chi connectivity index (χ0n) is 14.5. The number of thioether (sulfide) groups is 1. The van der Waals surface area contributed by atoms with Gasteiger partial charge in [0.25, 0.3) is 0 Å². The maximum absolute atomic E-state index is 12.9. The summed E-state index contributed by atoms with van der Waals surface area (Å²) in [6, 6.07) is 9.62. The van der Waals surface area contributed by atoms with Crippen LogP contribution in [0.15, 0.2) is 30.3 Å². The van der Waals surface area contributed by atoms with Gasteiger partial charge in [-0.15, -0.1) is 0 Å². The van der Waals surface area contributed by atoms with E-state index in [4.69, 9.17) is 9.47 Å². The molecule has 5 heteroatoms. The van der Waals surface area contributed by atoms with Crippen molar-refractivity contribution in [2.75, 3.05) is 26.6 Å². The van der Waals surface area contributed by atoms with Crippen LogP contribution in [0.3, 0.4) is 0 Å². The number of fused-ring (bicyclic) bond motifs is 1. The van der Waals surface area contributed by atoms with Gasteiger partial charge < -0.3 is 9.47 Å². The topological polar surface area (TPSA) is 38.5 Å². The Bertz CT molecular complexity index is 829. The molecule has 1 aliphatic rings. The highest BCUT2D eigenvalue weighted by molar-refractivity contribution is 8.00. The van der Waals surface area contributed by atoms with Gasteiger partial charge in [0.1, 0.15) is 11.5 Å². The Morgan fingerprint density at radius 1 is 1.25 bits per heavy atom. The number of Topliss-reactive ketones (excluding diaryl/α,β-unsaturated/α-hetero) is 1. The summed E-state index contributed by atoms with van der Waals surface area (Å²) < 4.78 is 13.2. The molecule has 0 radical (unpaired) electrons. The lowest BCUT2D eigenvalue weighted by Crippen LogP contribution is -2.24. The van der Waals surface area contributed by atoms with Crippen LogP contribution in [-0.2, 0) is 0 Å². The molecule has 0 aliphatic carbocycles. The minimum Gasteiger partial charge on any atom is -0.496 e. The van der Waals surface area contributed by atoms with Crippen LogP contribution in [0.2, 0.25) is 0 Å². The van der Waals surface area contributed by atoms with Gasteiger partial charge in [-0.25, -0.2) is 4.58 Å². The molecule has 0 N–H and O–H groups in total. The predicted octanol–water partition coefficient (Wildman–Crippen LogP) is 3.61. The molecule has 1 atom stereocenters. The van der Waals surface area contributed by atoms with Gasteiger partial charge in [-0.05, 0) is 13.0 Å². The molecule has 1 heterocycles. The number of hydrogen-bond donors (Lipinski definition) is 0. The third-order valence-corrected chi connectivity index (χ3v) is 5.89. The molecule has 0 amide bonds. The number of benzene rings is 2. The Morgan fingerprint density at radius 2 is 1.96 bits per heavy atom. The monoisotopic (exact) mass is 344 g/mol. The van der Waals surface area contributed by atoms with Crippen LogP contribution in [0.1, 0.15) is 24.2 Å². The van der Waals surface area contributed by atoms with Gasteiger partial charge in [0.05, 0.1) is 25.0 Å². The zero-order valence-corrected chi connectivity index (χ0v) is 15.3. The predicted molar refractivity (Wildman–Crippen MR) is 99.1 cm³/mol. The van der Waals surface area contributed by atoms with E-state index in [0.29, 0.717) is 28.9 Å². The quantitative estimate of drug-likeness (QED) is 0.613. The van der Waals surface area contributed by atoms with E-state index in [1.807, 2.05) is 36.0 Å². The van der Waals surface area contributed by atoms with Crippen molar-refractivity contribution in [1.82, 2.24) is 0 Å². The molecule has 3 rings (SSSR count). The van der Waals surface area contributed by atoms with E-state index in [1.165, 1.54) is 5.71 Å². The lowest BCUT2D eigenvalue weighted by Gasteiger charge is -2.14. The first kappa shape index (κ1) is 16.8. The van der Waals surface area contributed by atoms with E-state index in [-0.39, 0.29) is 5.78 Å². The van der Waals surface area contributed by atoms with Crippen LogP contribution in [0, 0.1) is 0 Å². The fraction of sp³-hybridized carbons (Fsp3) is 0.368. The van der Waals surface area contributed by atoms with Crippen molar-refractivity contribution in [3.63, 3.8) is 0 Å². The van der Waals surface area contributed by atoms with Crippen LogP contribution in [-0.4, -0.2) is 48.0 Å². The molecule has 24 heavy (non-hydrogen) atoms. The Morgan fingerprint density at radius 3 is 2.54 bits per heavy atom. The van der Waals surface area contributed by atoms with Crippen LogP contribution < -0.4 is 9.47 Å². The summed E-state index contributed by atoms with van der Waals surface area (Å²) >= 11 is 1.85. The molecule has 0 saturated carbocycles. The SMILES string of the molecule is COc1cc(C(=O)C[N+]2=C(C)C(C)SC2)c(OC)c2ccccc12. The first-order valence-electron chi connectivity index (χ1n) is 7.93. The van der Waals surface area contributed by atoms with E-state index < -0.39 is 0 Å².